The van der Waals surface area contributed by atoms with E-state index in [1.54, 1.807) is 42.5 Å². The van der Waals surface area contributed by atoms with Crippen LogP contribution in [0.25, 0.3) is 6.08 Å². The summed E-state index contributed by atoms with van der Waals surface area (Å²) in [6, 6.07) is 14.5. The van der Waals surface area contributed by atoms with Crippen molar-refractivity contribution >= 4 is 40.7 Å². The summed E-state index contributed by atoms with van der Waals surface area (Å²) >= 11 is 12.0. The van der Waals surface area contributed by atoms with Gasteiger partial charge in [-0.1, -0.05) is 29.3 Å². The first-order valence-electron chi connectivity index (χ1n) is 9.22. The number of ketones is 1. The summed E-state index contributed by atoms with van der Waals surface area (Å²) < 4.78 is 11.7. The Morgan fingerprint density at radius 3 is 2.48 bits per heavy atom. The highest BCUT2D eigenvalue weighted by Gasteiger charge is 2.30. The van der Waals surface area contributed by atoms with Gasteiger partial charge in [0.2, 0.25) is 5.78 Å². The van der Waals surface area contributed by atoms with Crippen molar-refractivity contribution in [2.75, 3.05) is 0 Å². The smallest absolute Gasteiger partial charge is 0.269 e. The first kappa shape index (κ1) is 20.9. The predicted octanol–water partition coefficient (Wildman–Crippen LogP) is 6.41. The second-order valence-corrected chi connectivity index (χ2v) is 7.71. The number of Topliss-reactive ketones (excluding diaryl/α,β-unsaturated/α-hetero) is 1. The molecule has 156 valence electrons. The van der Waals surface area contributed by atoms with Gasteiger partial charge in [-0.3, -0.25) is 14.9 Å². The molecule has 4 rings (SSSR count). The molecule has 0 amide bonds. The van der Waals surface area contributed by atoms with Gasteiger partial charge in [0.25, 0.3) is 5.69 Å². The van der Waals surface area contributed by atoms with E-state index in [2.05, 4.69) is 0 Å². The third kappa shape index (κ3) is 4.26. The first-order valence-corrected chi connectivity index (χ1v) is 9.98. The molecule has 0 aromatic heterocycles. The number of carbonyl (C=O) groups is 1. The monoisotopic (exact) mass is 455 g/mol. The zero-order valence-corrected chi connectivity index (χ0v) is 17.7. The number of carbonyl (C=O) groups excluding carboxylic acids is 1. The number of nitro groups is 1. The molecule has 1 heterocycles. The van der Waals surface area contributed by atoms with Crippen molar-refractivity contribution in [1.82, 2.24) is 0 Å². The van der Waals surface area contributed by atoms with E-state index >= 15 is 0 Å². The Balaban J connectivity index is 1.54. The molecule has 6 nitrogen and oxygen atoms in total. The van der Waals surface area contributed by atoms with Crippen LogP contribution in [0.4, 0.5) is 5.69 Å². The van der Waals surface area contributed by atoms with Crippen molar-refractivity contribution < 1.29 is 19.2 Å². The predicted molar refractivity (Wildman–Crippen MR) is 118 cm³/mol. The Hall–Kier alpha value is -3.35. The molecule has 0 saturated carbocycles. The molecule has 0 N–H and O–H groups in total. The fourth-order valence-electron chi connectivity index (χ4n) is 3.16. The van der Waals surface area contributed by atoms with Gasteiger partial charge in [0, 0.05) is 17.7 Å². The van der Waals surface area contributed by atoms with E-state index in [1.165, 1.54) is 12.1 Å². The lowest BCUT2D eigenvalue weighted by molar-refractivity contribution is -0.384. The van der Waals surface area contributed by atoms with Crippen LogP contribution < -0.4 is 9.47 Å². The van der Waals surface area contributed by atoms with Gasteiger partial charge in [0.05, 0.1) is 20.5 Å². The van der Waals surface area contributed by atoms with E-state index in [0.717, 1.165) is 5.56 Å². The maximum atomic E-state index is 12.7. The van der Waals surface area contributed by atoms with Gasteiger partial charge in [-0.25, -0.2) is 0 Å². The number of hydrogen-bond donors (Lipinski definition) is 0. The summed E-state index contributed by atoms with van der Waals surface area (Å²) in [7, 11) is 0. The Morgan fingerprint density at radius 1 is 1.06 bits per heavy atom. The average molecular weight is 456 g/mol. The van der Waals surface area contributed by atoms with E-state index in [1.807, 2.05) is 13.0 Å². The van der Waals surface area contributed by atoms with Crippen molar-refractivity contribution in [3.05, 3.63) is 103 Å². The van der Waals surface area contributed by atoms with Crippen molar-refractivity contribution in [3.8, 4) is 11.5 Å². The van der Waals surface area contributed by atoms with Gasteiger partial charge < -0.3 is 9.47 Å². The lowest BCUT2D eigenvalue weighted by Crippen LogP contribution is -1.98. The topological polar surface area (TPSA) is 78.7 Å². The summed E-state index contributed by atoms with van der Waals surface area (Å²) in [4.78, 5) is 23.0. The summed E-state index contributed by atoms with van der Waals surface area (Å²) in [6.45, 7) is 2.08. The highest BCUT2D eigenvalue weighted by atomic mass is 35.5. The lowest BCUT2D eigenvalue weighted by Gasteiger charge is -2.12. The van der Waals surface area contributed by atoms with Crippen molar-refractivity contribution in [2.45, 2.75) is 13.5 Å². The summed E-state index contributed by atoms with van der Waals surface area (Å²) in [5, 5.41) is 11.7. The van der Waals surface area contributed by atoms with Crippen LogP contribution >= 0.6 is 23.2 Å². The molecule has 0 spiro atoms. The summed E-state index contributed by atoms with van der Waals surface area (Å²) in [6.07, 6.45) is 1.56. The van der Waals surface area contributed by atoms with Crippen LogP contribution in [0.1, 0.15) is 27.0 Å². The van der Waals surface area contributed by atoms with Gasteiger partial charge >= 0.3 is 0 Å². The van der Waals surface area contributed by atoms with E-state index in [9.17, 15) is 14.9 Å². The third-order valence-corrected chi connectivity index (χ3v) is 5.56. The number of non-ortho nitro benzene ring substituents is 1. The van der Waals surface area contributed by atoms with E-state index < -0.39 is 4.92 Å². The van der Waals surface area contributed by atoms with Crippen LogP contribution in [0.2, 0.25) is 10.0 Å². The molecule has 1 aliphatic rings. The molecular weight excluding hydrogens is 441 g/mol. The van der Waals surface area contributed by atoms with Crippen molar-refractivity contribution in [2.24, 2.45) is 0 Å². The fraction of sp³-hybridized carbons (Fsp3) is 0.0870. The van der Waals surface area contributed by atoms with Crippen LogP contribution in [0.15, 0.2) is 60.4 Å². The number of nitro benzene ring substituents is 1. The minimum atomic E-state index is -0.479. The Morgan fingerprint density at radius 2 is 1.81 bits per heavy atom. The van der Waals surface area contributed by atoms with Gasteiger partial charge in [0.1, 0.15) is 18.1 Å². The van der Waals surface area contributed by atoms with Crippen LogP contribution in [0, 0.1) is 17.0 Å². The molecule has 0 saturated heterocycles. The zero-order chi connectivity index (χ0) is 22.1. The molecule has 3 aromatic carbocycles. The molecular formula is C23H15Cl2NO5. The minimum absolute atomic E-state index is 0.0243. The number of ether oxygens (including phenoxy) is 2. The maximum Gasteiger partial charge on any atom is 0.269 e. The first-order chi connectivity index (χ1) is 14.8. The number of allylic oxidation sites excluding steroid dienone is 1. The second kappa shape index (κ2) is 8.41. The van der Waals surface area contributed by atoms with Gasteiger partial charge in [-0.2, -0.15) is 0 Å². The van der Waals surface area contributed by atoms with Crippen LogP contribution in [0.5, 0.6) is 11.5 Å². The molecule has 0 bridgehead atoms. The second-order valence-electron chi connectivity index (χ2n) is 6.89. The molecule has 0 radical (unpaired) electrons. The number of fused-ring (bicyclic) bond motifs is 1. The zero-order valence-electron chi connectivity index (χ0n) is 16.2. The SMILES string of the molecule is Cc1c(OCc2ccc(Cl)c(Cl)c2)ccc2c1O/C(=C\c1ccc([N+](=O)[O-])cc1)C2=O. The number of hydrogen-bond acceptors (Lipinski definition) is 5. The highest BCUT2D eigenvalue weighted by molar-refractivity contribution is 6.42. The quantitative estimate of drug-likeness (QED) is 0.252. The fourth-order valence-corrected chi connectivity index (χ4v) is 3.48. The van der Waals surface area contributed by atoms with E-state index in [-0.39, 0.29) is 23.8 Å². The van der Waals surface area contributed by atoms with Crippen LogP contribution in [-0.4, -0.2) is 10.7 Å². The van der Waals surface area contributed by atoms with Gasteiger partial charge in [-0.15, -0.1) is 0 Å². The third-order valence-electron chi connectivity index (χ3n) is 4.82. The Bertz CT molecular complexity index is 1240. The van der Waals surface area contributed by atoms with Crippen molar-refractivity contribution in [3.63, 3.8) is 0 Å². The van der Waals surface area contributed by atoms with Gasteiger partial charge in [0.15, 0.2) is 5.76 Å². The number of halogens is 2. The molecule has 0 fully saturated rings. The minimum Gasteiger partial charge on any atom is -0.488 e. The maximum absolute atomic E-state index is 12.7. The van der Waals surface area contributed by atoms with Crippen LogP contribution in [-0.2, 0) is 6.61 Å². The number of rotatable bonds is 5. The van der Waals surface area contributed by atoms with Crippen molar-refractivity contribution in [1.29, 1.82) is 0 Å². The summed E-state index contributed by atoms with van der Waals surface area (Å²) in [5.41, 5.74) is 2.58. The van der Waals surface area contributed by atoms with E-state index in [4.69, 9.17) is 32.7 Å². The average Bonchev–Trinajstić information content (AvgIpc) is 3.07. The standard InChI is InChI=1S/C23H15Cl2NO5/c1-13-20(30-12-15-4-8-18(24)19(25)10-15)9-7-17-22(27)21(31-23(13)17)11-14-2-5-16(6-3-14)26(28)29/h2-11H,12H2,1H3/b21-11-. The molecule has 0 unspecified atom stereocenters. The Kier molecular flexibility index (Phi) is 5.67. The van der Waals surface area contributed by atoms with Gasteiger partial charge in [-0.05, 0) is 60.5 Å². The largest absolute Gasteiger partial charge is 0.488 e. The number of benzene rings is 3. The molecule has 31 heavy (non-hydrogen) atoms. The Labute approximate surface area is 187 Å². The van der Waals surface area contributed by atoms with Crippen LogP contribution in [0.3, 0.4) is 0 Å². The molecule has 0 atom stereocenters. The number of nitrogens with zero attached hydrogens (tertiary/aromatic N) is 1. The highest BCUT2D eigenvalue weighted by Crippen LogP contribution is 2.39. The molecule has 0 aliphatic carbocycles. The van der Waals surface area contributed by atoms with E-state index in [0.29, 0.717) is 38.2 Å². The lowest BCUT2D eigenvalue weighted by atomic mass is 10.1. The molecule has 3 aromatic rings. The molecule has 8 heteroatoms. The summed E-state index contributed by atoms with van der Waals surface area (Å²) in [5.74, 6) is 0.903. The normalized spacial score (nSPS) is 13.8. The molecule has 1 aliphatic heterocycles.